The van der Waals surface area contributed by atoms with Gasteiger partial charge in [0.1, 0.15) is 0 Å². The normalized spacial score (nSPS) is 20.4. The van der Waals surface area contributed by atoms with E-state index in [4.69, 9.17) is 4.74 Å². The second-order valence-corrected chi connectivity index (χ2v) is 7.56. The third kappa shape index (κ3) is 6.56. The van der Waals surface area contributed by atoms with Gasteiger partial charge in [-0.1, -0.05) is 49.6 Å². The Balaban J connectivity index is 1.60. The van der Waals surface area contributed by atoms with E-state index in [9.17, 15) is 9.59 Å². The van der Waals surface area contributed by atoms with E-state index in [0.717, 1.165) is 25.0 Å². The van der Waals surface area contributed by atoms with Crippen molar-refractivity contribution in [1.29, 1.82) is 0 Å². The molecule has 0 saturated heterocycles. The van der Waals surface area contributed by atoms with E-state index in [-0.39, 0.29) is 30.3 Å². The quantitative estimate of drug-likeness (QED) is 0.766. The van der Waals surface area contributed by atoms with Crippen molar-refractivity contribution in [2.75, 3.05) is 12.4 Å². The predicted octanol–water partition coefficient (Wildman–Crippen LogP) is 3.47. The number of thioether (sulfide) groups is 1. The van der Waals surface area contributed by atoms with E-state index in [1.54, 1.807) is 0 Å². The number of ether oxygens (including phenoxy) is 1. The molecule has 0 bridgehead atoms. The molecule has 1 amide bonds. The van der Waals surface area contributed by atoms with Crippen LogP contribution in [0.4, 0.5) is 0 Å². The summed E-state index contributed by atoms with van der Waals surface area (Å²) >= 11 is 1.50. The highest BCUT2D eigenvalue weighted by molar-refractivity contribution is 7.99. The fourth-order valence-electron chi connectivity index (χ4n) is 2.90. The van der Waals surface area contributed by atoms with Gasteiger partial charge in [0, 0.05) is 11.8 Å². The fraction of sp³-hybridized carbons (Fsp3) is 0.579. The first-order valence-electron chi connectivity index (χ1n) is 8.63. The van der Waals surface area contributed by atoms with Crippen LogP contribution in [-0.4, -0.2) is 30.3 Å². The van der Waals surface area contributed by atoms with Gasteiger partial charge in [0.2, 0.25) is 0 Å². The van der Waals surface area contributed by atoms with Gasteiger partial charge in [0.15, 0.2) is 6.61 Å². The minimum Gasteiger partial charge on any atom is -0.455 e. The van der Waals surface area contributed by atoms with Crippen LogP contribution in [-0.2, 0) is 20.1 Å². The van der Waals surface area contributed by atoms with Crippen LogP contribution in [0.25, 0.3) is 0 Å². The molecule has 0 spiro atoms. The third-order valence-electron chi connectivity index (χ3n) is 4.43. The van der Waals surface area contributed by atoms with Crippen molar-refractivity contribution in [3.05, 3.63) is 35.4 Å². The van der Waals surface area contributed by atoms with Crippen LogP contribution in [0.1, 0.15) is 43.7 Å². The molecule has 0 aromatic heterocycles. The molecule has 0 radical (unpaired) electrons. The molecule has 2 atom stereocenters. The lowest BCUT2D eigenvalue weighted by Gasteiger charge is -2.29. The number of carbonyl (C=O) groups is 2. The van der Waals surface area contributed by atoms with Crippen molar-refractivity contribution in [3.63, 3.8) is 0 Å². The average molecular weight is 349 g/mol. The topological polar surface area (TPSA) is 55.4 Å². The van der Waals surface area contributed by atoms with Crippen molar-refractivity contribution < 1.29 is 14.3 Å². The molecule has 1 aliphatic carbocycles. The van der Waals surface area contributed by atoms with Crippen LogP contribution in [0.15, 0.2) is 24.3 Å². The van der Waals surface area contributed by atoms with Crippen LogP contribution < -0.4 is 5.32 Å². The predicted molar refractivity (Wildman–Crippen MR) is 97.9 cm³/mol. The lowest BCUT2D eigenvalue weighted by molar-refractivity contribution is -0.146. The van der Waals surface area contributed by atoms with Gasteiger partial charge in [-0.2, -0.15) is 0 Å². The third-order valence-corrected chi connectivity index (χ3v) is 5.41. The van der Waals surface area contributed by atoms with Gasteiger partial charge in [-0.15, -0.1) is 11.8 Å². The molecule has 2 rings (SSSR count). The molecule has 1 N–H and O–H groups in total. The van der Waals surface area contributed by atoms with Gasteiger partial charge in [-0.25, -0.2) is 0 Å². The number of carbonyl (C=O) groups excluding carboxylic acids is 2. The Morgan fingerprint density at radius 1 is 1.21 bits per heavy atom. The molecule has 0 heterocycles. The molecule has 0 unspecified atom stereocenters. The first-order valence-corrected chi connectivity index (χ1v) is 9.78. The van der Waals surface area contributed by atoms with E-state index in [1.165, 1.54) is 29.3 Å². The Morgan fingerprint density at radius 3 is 2.62 bits per heavy atom. The van der Waals surface area contributed by atoms with Crippen LogP contribution in [0.3, 0.4) is 0 Å². The Bertz CT molecular complexity index is 544. The molecule has 1 fully saturated rings. The van der Waals surface area contributed by atoms with Crippen molar-refractivity contribution in [2.45, 2.75) is 51.3 Å². The van der Waals surface area contributed by atoms with Crippen molar-refractivity contribution in [1.82, 2.24) is 5.32 Å². The van der Waals surface area contributed by atoms with E-state index >= 15 is 0 Å². The van der Waals surface area contributed by atoms with Gasteiger partial charge < -0.3 is 10.1 Å². The Morgan fingerprint density at radius 2 is 1.92 bits per heavy atom. The fourth-order valence-corrected chi connectivity index (χ4v) is 3.68. The summed E-state index contributed by atoms with van der Waals surface area (Å²) in [7, 11) is 0. The summed E-state index contributed by atoms with van der Waals surface area (Å²) in [4.78, 5) is 23.6. The zero-order chi connectivity index (χ0) is 17.4. The zero-order valence-corrected chi connectivity index (χ0v) is 15.4. The monoisotopic (exact) mass is 349 g/mol. The summed E-state index contributed by atoms with van der Waals surface area (Å²) in [5.74, 6) is 1.01. The number of nitrogens with one attached hydrogen (secondary N) is 1. The molecule has 24 heavy (non-hydrogen) atoms. The molecule has 4 nitrogen and oxygen atoms in total. The van der Waals surface area contributed by atoms with E-state index in [2.05, 4.69) is 36.5 Å². The minimum atomic E-state index is -0.334. The van der Waals surface area contributed by atoms with Gasteiger partial charge in [-0.05, 0) is 31.2 Å². The summed E-state index contributed by atoms with van der Waals surface area (Å²) in [6, 6.07) is 8.47. The number of hydrogen-bond acceptors (Lipinski definition) is 4. The molecular weight excluding hydrogens is 322 g/mol. The van der Waals surface area contributed by atoms with Crippen molar-refractivity contribution in [2.24, 2.45) is 5.92 Å². The number of amides is 1. The Hall–Kier alpha value is -1.49. The van der Waals surface area contributed by atoms with Crippen molar-refractivity contribution in [3.8, 4) is 0 Å². The number of benzene rings is 1. The number of hydrogen-bond donors (Lipinski definition) is 1. The standard InChI is InChI=1S/C19H27NO3S/c1-14-7-9-16(10-8-14)12-24-13-19(22)23-11-18(21)20-17-6-4-3-5-15(17)2/h7-10,15,17H,3-6,11-13H2,1-2H3,(H,20,21)/t15-,17+/m1/s1. The first kappa shape index (κ1) is 18.8. The summed E-state index contributed by atoms with van der Waals surface area (Å²) in [6.45, 7) is 4.04. The van der Waals surface area contributed by atoms with Crippen LogP contribution >= 0.6 is 11.8 Å². The molecule has 5 heteroatoms. The highest BCUT2D eigenvalue weighted by atomic mass is 32.2. The summed E-state index contributed by atoms with van der Waals surface area (Å²) < 4.78 is 5.07. The van der Waals surface area contributed by atoms with E-state index in [0.29, 0.717) is 5.92 Å². The SMILES string of the molecule is Cc1ccc(CSCC(=O)OCC(=O)N[C@H]2CCCC[C@H]2C)cc1. The van der Waals surface area contributed by atoms with Gasteiger partial charge >= 0.3 is 5.97 Å². The Kier molecular flexibility index (Phi) is 7.63. The molecule has 1 aromatic rings. The molecule has 132 valence electrons. The maximum Gasteiger partial charge on any atom is 0.316 e. The van der Waals surface area contributed by atoms with Crippen LogP contribution in [0.5, 0.6) is 0 Å². The van der Waals surface area contributed by atoms with E-state index < -0.39 is 0 Å². The number of aryl methyl sites for hydroxylation is 1. The molecule has 1 aromatic carbocycles. The highest BCUT2D eigenvalue weighted by Gasteiger charge is 2.23. The second-order valence-electron chi connectivity index (χ2n) is 6.57. The van der Waals surface area contributed by atoms with Crippen LogP contribution in [0, 0.1) is 12.8 Å². The van der Waals surface area contributed by atoms with E-state index in [1.807, 2.05) is 6.92 Å². The smallest absolute Gasteiger partial charge is 0.316 e. The van der Waals surface area contributed by atoms with Crippen LogP contribution in [0.2, 0.25) is 0 Å². The summed E-state index contributed by atoms with van der Waals surface area (Å²) in [5, 5.41) is 2.99. The molecule has 1 aliphatic rings. The highest BCUT2D eigenvalue weighted by Crippen LogP contribution is 2.23. The Labute approximate surface area is 148 Å². The number of esters is 1. The molecule has 0 aliphatic heterocycles. The number of rotatable bonds is 7. The zero-order valence-electron chi connectivity index (χ0n) is 14.5. The average Bonchev–Trinajstić information content (AvgIpc) is 2.57. The van der Waals surface area contributed by atoms with Gasteiger partial charge in [0.25, 0.3) is 5.91 Å². The molecule has 1 saturated carbocycles. The largest absolute Gasteiger partial charge is 0.455 e. The van der Waals surface area contributed by atoms with Crippen molar-refractivity contribution >= 4 is 23.6 Å². The lowest BCUT2D eigenvalue weighted by atomic mass is 9.86. The maximum absolute atomic E-state index is 11.9. The van der Waals surface area contributed by atoms with Gasteiger partial charge in [0.05, 0.1) is 5.75 Å². The molecular formula is C19H27NO3S. The van der Waals surface area contributed by atoms with Gasteiger partial charge in [-0.3, -0.25) is 9.59 Å². The second kappa shape index (κ2) is 9.72. The first-order chi connectivity index (χ1) is 11.5. The maximum atomic E-state index is 11.9. The summed E-state index contributed by atoms with van der Waals surface area (Å²) in [5.41, 5.74) is 2.41. The minimum absolute atomic E-state index is 0.173. The lowest BCUT2D eigenvalue weighted by Crippen LogP contribution is -2.43. The summed E-state index contributed by atoms with van der Waals surface area (Å²) in [6.07, 6.45) is 4.57.